The van der Waals surface area contributed by atoms with Gasteiger partial charge in [0.1, 0.15) is 5.75 Å². The van der Waals surface area contributed by atoms with Gasteiger partial charge in [0.2, 0.25) is 5.91 Å². The lowest BCUT2D eigenvalue weighted by Crippen LogP contribution is -2.34. The predicted molar refractivity (Wildman–Crippen MR) is 66.4 cm³/mol. The molecule has 5 nitrogen and oxygen atoms in total. The topological polar surface area (TPSA) is 72.6 Å². The van der Waals surface area contributed by atoms with Gasteiger partial charge in [-0.3, -0.25) is 14.5 Å². The van der Waals surface area contributed by atoms with Crippen molar-refractivity contribution < 1.29 is 14.3 Å². The lowest BCUT2D eigenvalue weighted by atomic mass is 10.1. The number of rotatable bonds is 2. The highest BCUT2D eigenvalue weighted by Gasteiger charge is 2.33. The van der Waals surface area contributed by atoms with Crippen molar-refractivity contribution in [3.8, 4) is 5.75 Å². The quantitative estimate of drug-likeness (QED) is 0.782. The third kappa shape index (κ3) is 2.22. The second-order valence-corrected chi connectivity index (χ2v) is 4.48. The van der Waals surface area contributed by atoms with E-state index in [2.05, 4.69) is 0 Å². The van der Waals surface area contributed by atoms with Crippen LogP contribution in [0, 0.1) is 6.92 Å². The van der Waals surface area contributed by atoms with Gasteiger partial charge in [-0.1, -0.05) is 11.6 Å². The van der Waals surface area contributed by atoms with Gasteiger partial charge < -0.3 is 10.5 Å². The Bertz CT molecular complexity index is 499. The van der Waals surface area contributed by atoms with E-state index in [1.807, 2.05) is 13.0 Å². The maximum absolute atomic E-state index is 12.3. The molecule has 5 heteroatoms. The number of hydrogen-bond acceptors (Lipinski definition) is 4. The summed E-state index contributed by atoms with van der Waals surface area (Å²) in [5.74, 6) is -0.0940. The summed E-state index contributed by atoms with van der Waals surface area (Å²) in [6.45, 7) is 2.16. The smallest absolute Gasteiger partial charge is 0.264 e. The molecule has 2 amide bonds. The maximum Gasteiger partial charge on any atom is 0.264 e. The molecule has 1 aliphatic rings. The van der Waals surface area contributed by atoms with Gasteiger partial charge in [0.15, 0.2) is 0 Å². The highest BCUT2D eigenvalue weighted by Crippen LogP contribution is 2.23. The zero-order valence-electron chi connectivity index (χ0n) is 10.5. The molecule has 1 aromatic rings. The second kappa shape index (κ2) is 4.78. The van der Waals surface area contributed by atoms with E-state index in [9.17, 15) is 9.59 Å². The number of ether oxygens (including phenoxy) is 1. The van der Waals surface area contributed by atoms with Crippen molar-refractivity contribution in [3.63, 3.8) is 0 Å². The van der Waals surface area contributed by atoms with Crippen molar-refractivity contribution in [2.24, 2.45) is 5.73 Å². The Kier molecular flexibility index (Phi) is 3.34. The summed E-state index contributed by atoms with van der Waals surface area (Å²) in [6.07, 6.45) is 0.222. The summed E-state index contributed by atoms with van der Waals surface area (Å²) >= 11 is 0. The fourth-order valence-electron chi connectivity index (χ4n) is 2.07. The molecule has 0 bridgehead atoms. The Hall–Kier alpha value is -1.88. The standard InChI is InChI=1S/C13H16N2O3/c1-8-3-4-11(18-2)10(5-8)13(17)15-7-9(14)6-12(15)16/h3-5,9H,6-7,14H2,1-2H3. The van der Waals surface area contributed by atoms with E-state index < -0.39 is 0 Å². The van der Waals surface area contributed by atoms with E-state index in [1.165, 1.54) is 12.0 Å². The molecular weight excluding hydrogens is 232 g/mol. The van der Waals surface area contributed by atoms with Crippen LogP contribution in [0.1, 0.15) is 22.3 Å². The highest BCUT2D eigenvalue weighted by atomic mass is 16.5. The van der Waals surface area contributed by atoms with Crippen LogP contribution in [-0.4, -0.2) is 36.4 Å². The van der Waals surface area contributed by atoms with Gasteiger partial charge in [-0.05, 0) is 19.1 Å². The van der Waals surface area contributed by atoms with Gasteiger partial charge in [0, 0.05) is 19.0 Å². The second-order valence-electron chi connectivity index (χ2n) is 4.48. The van der Waals surface area contributed by atoms with Crippen LogP contribution in [0.2, 0.25) is 0 Å². The monoisotopic (exact) mass is 248 g/mol. The molecule has 96 valence electrons. The van der Waals surface area contributed by atoms with Crippen LogP contribution < -0.4 is 10.5 Å². The van der Waals surface area contributed by atoms with Gasteiger partial charge in [-0.2, -0.15) is 0 Å². The molecule has 1 atom stereocenters. The minimum atomic E-state index is -0.339. The van der Waals surface area contributed by atoms with Gasteiger partial charge in [-0.15, -0.1) is 0 Å². The Morgan fingerprint density at radius 1 is 1.50 bits per heavy atom. The fraction of sp³-hybridized carbons (Fsp3) is 0.385. The van der Waals surface area contributed by atoms with Crippen molar-refractivity contribution in [3.05, 3.63) is 29.3 Å². The SMILES string of the molecule is COc1ccc(C)cc1C(=O)N1CC(N)CC1=O. The Morgan fingerprint density at radius 3 is 2.78 bits per heavy atom. The van der Waals surface area contributed by atoms with Crippen LogP contribution in [0.5, 0.6) is 5.75 Å². The van der Waals surface area contributed by atoms with Gasteiger partial charge in [0.25, 0.3) is 5.91 Å². The lowest BCUT2D eigenvalue weighted by molar-refractivity contribution is -0.125. The molecule has 2 rings (SSSR count). The number of nitrogens with two attached hydrogens (primary N) is 1. The van der Waals surface area contributed by atoms with Gasteiger partial charge in [0.05, 0.1) is 12.7 Å². The number of carbonyl (C=O) groups is 2. The number of hydrogen-bond donors (Lipinski definition) is 1. The number of carbonyl (C=O) groups excluding carboxylic acids is 2. The number of benzene rings is 1. The van der Waals surface area contributed by atoms with Crippen LogP contribution in [0.4, 0.5) is 0 Å². The van der Waals surface area contributed by atoms with E-state index in [-0.39, 0.29) is 30.8 Å². The molecule has 0 saturated carbocycles. The molecule has 0 spiro atoms. The van der Waals surface area contributed by atoms with E-state index in [0.29, 0.717) is 11.3 Å². The molecule has 0 radical (unpaired) electrons. The van der Waals surface area contributed by atoms with Crippen molar-refractivity contribution in [2.45, 2.75) is 19.4 Å². The third-order valence-electron chi connectivity index (χ3n) is 2.99. The summed E-state index contributed by atoms with van der Waals surface area (Å²) < 4.78 is 5.15. The predicted octanol–water partition coefficient (Wildman–Crippen LogP) is 0.703. The summed E-state index contributed by atoms with van der Waals surface area (Å²) in [7, 11) is 1.50. The number of amides is 2. The fourth-order valence-corrected chi connectivity index (χ4v) is 2.07. The number of likely N-dealkylation sites (tertiary alicyclic amines) is 1. The van der Waals surface area contributed by atoms with E-state index in [4.69, 9.17) is 10.5 Å². The average Bonchev–Trinajstić information content (AvgIpc) is 2.67. The number of methoxy groups -OCH3 is 1. The molecule has 2 N–H and O–H groups in total. The minimum absolute atomic E-state index is 0.222. The molecule has 1 heterocycles. The number of nitrogens with zero attached hydrogens (tertiary/aromatic N) is 1. The normalized spacial score (nSPS) is 19.2. The molecule has 1 aromatic carbocycles. The molecule has 1 fully saturated rings. The first kappa shape index (κ1) is 12.6. The van der Waals surface area contributed by atoms with E-state index in [0.717, 1.165) is 5.56 Å². The molecule has 1 saturated heterocycles. The first-order valence-corrected chi connectivity index (χ1v) is 5.78. The van der Waals surface area contributed by atoms with Crippen molar-refractivity contribution in [1.29, 1.82) is 0 Å². The minimum Gasteiger partial charge on any atom is -0.496 e. The van der Waals surface area contributed by atoms with Crippen molar-refractivity contribution in [2.75, 3.05) is 13.7 Å². The third-order valence-corrected chi connectivity index (χ3v) is 2.99. The Balaban J connectivity index is 2.34. The molecule has 1 aliphatic heterocycles. The van der Waals surface area contributed by atoms with E-state index in [1.54, 1.807) is 12.1 Å². The number of imide groups is 1. The molecule has 18 heavy (non-hydrogen) atoms. The molecule has 0 aliphatic carbocycles. The van der Waals surface area contributed by atoms with Crippen LogP contribution in [0.15, 0.2) is 18.2 Å². The summed E-state index contributed by atoms with van der Waals surface area (Å²) in [5.41, 5.74) is 7.03. The van der Waals surface area contributed by atoms with Crippen molar-refractivity contribution in [1.82, 2.24) is 4.90 Å². The van der Waals surface area contributed by atoms with Crippen LogP contribution in [0.25, 0.3) is 0 Å². The largest absolute Gasteiger partial charge is 0.496 e. The zero-order chi connectivity index (χ0) is 13.3. The van der Waals surface area contributed by atoms with E-state index >= 15 is 0 Å². The first-order chi connectivity index (χ1) is 8.52. The summed E-state index contributed by atoms with van der Waals surface area (Å²) in [6, 6.07) is 5.03. The Labute approximate surface area is 106 Å². The summed E-state index contributed by atoms with van der Waals surface area (Å²) in [5, 5.41) is 0. The first-order valence-electron chi connectivity index (χ1n) is 5.78. The highest BCUT2D eigenvalue weighted by molar-refractivity contribution is 6.07. The maximum atomic E-state index is 12.3. The van der Waals surface area contributed by atoms with Gasteiger partial charge in [-0.25, -0.2) is 0 Å². The summed E-state index contributed by atoms with van der Waals surface area (Å²) in [4.78, 5) is 25.2. The van der Waals surface area contributed by atoms with Crippen LogP contribution in [0.3, 0.4) is 0 Å². The van der Waals surface area contributed by atoms with Crippen LogP contribution >= 0.6 is 0 Å². The van der Waals surface area contributed by atoms with Gasteiger partial charge >= 0.3 is 0 Å². The lowest BCUT2D eigenvalue weighted by Gasteiger charge is -2.16. The average molecular weight is 248 g/mol. The van der Waals surface area contributed by atoms with Crippen molar-refractivity contribution >= 4 is 11.8 Å². The molecule has 0 aromatic heterocycles. The number of aryl methyl sites for hydroxylation is 1. The zero-order valence-corrected chi connectivity index (χ0v) is 10.5. The Morgan fingerprint density at radius 2 is 2.22 bits per heavy atom. The van der Waals surface area contributed by atoms with Crippen LogP contribution in [-0.2, 0) is 4.79 Å². The molecular formula is C13H16N2O3. The molecule has 1 unspecified atom stereocenters.